The van der Waals surface area contributed by atoms with Crippen molar-refractivity contribution in [3.8, 4) is 17.2 Å². The van der Waals surface area contributed by atoms with Crippen LogP contribution in [-0.2, 0) is 11.3 Å². The predicted molar refractivity (Wildman–Crippen MR) is 134 cm³/mol. The van der Waals surface area contributed by atoms with Gasteiger partial charge in [-0.3, -0.25) is 14.2 Å². The summed E-state index contributed by atoms with van der Waals surface area (Å²) >= 11 is 1.23. The summed E-state index contributed by atoms with van der Waals surface area (Å²) in [6.45, 7) is 0.508. The number of rotatable bonds is 8. The molecule has 7 nitrogen and oxygen atoms in total. The quantitative estimate of drug-likeness (QED) is 0.282. The minimum atomic E-state index is -0.217. The number of hydrogen-bond acceptors (Lipinski definition) is 6. The van der Waals surface area contributed by atoms with E-state index >= 15 is 0 Å². The number of thioether (sulfide) groups is 1. The van der Waals surface area contributed by atoms with Crippen molar-refractivity contribution < 1.29 is 14.3 Å². The second-order valence-electron chi connectivity index (χ2n) is 7.62. The van der Waals surface area contributed by atoms with Crippen molar-refractivity contribution in [2.24, 2.45) is 0 Å². The fraction of sp³-hybridized carbons (Fsp3) is 0.192. The van der Waals surface area contributed by atoms with Gasteiger partial charge in [-0.2, -0.15) is 0 Å². The van der Waals surface area contributed by atoms with Crippen LogP contribution in [0.25, 0.3) is 16.6 Å². The Hall–Kier alpha value is -3.78. The van der Waals surface area contributed by atoms with Crippen LogP contribution in [0, 0.1) is 0 Å². The number of fused-ring (bicyclic) bond motifs is 1. The maximum atomic E-state index is 13.5. The number of nitrogens with zero attached hydrogens (tertiary/aromatic N) is 3. The summed E-state index contributed by atoms with van der Waals surface area (Å²) in [6, 6.07) is 22.2. The fourth-order valence-electron chi connectivity index (χ4n) is 3.58. The van der Waals surface area contributed by atoms with Gasteiger partial charge >= 0.3 is 0 Å². The number of amides is 1. The van der Waals surface area contributed by atoms with E-state index in [9.17, 15) is 9.59 Å². The minimum absolute atomic E-state index is 0.0601. The van der Waals surface area contributed by atoms with Crippen LogP contribution in [0.1, 0.15) is 5.56 Å². The van der Waals surface area contributed by atoms with Crippen LogP contribution < -0.4 is 15.0 Å². The number of carbonyl (C=O) groups excluding carboxylic acids is 1. The third kappa shape index (κ3) is 4.92. The molecule has 0 saturated heterocycles. The molecule has 34 heavy (non-hydrogen) atoms. The van der Waals surface area contributed by atoms with Gasteiger partial charge in [0.1, 0.15) is 0 Å². The van der Waals surface area contributed by atoms with E-state index in [2.05, 4.69) is 0 Å². The molecule has 0 aliphatic heterocycles. The molecule has 3 aromatic carbocycles. The summed E-state index contributed by atoms with van der Waals surface area (Å²) < 4.78 is 12.3. The van der Waals surface area contributed by atoms with Crippen LogP contribution in [0.2, 0.25) is 0 Å². The molecular formula is C26H25N3O4S. The number of para-hydroxylation sites is 1. The van der Waals surface area contributed by atoms with Gasteiger partial charge in [0.05, 0.1) is 36.6 Å². The predicted octanol–water partition coefficient (Wildman–Crippen LogP) is 4.15. The molecule has 0 saturated carbocycles. The van der Waals surface area contributed by atoms with Gasteiger partial charge in [0.25, 0.3) is 5.56 Å². The molecule has 4 rings (SSSR count). The normalized spacial score (nSPS) is 10.8. The van der Waals surface area contributed by atoms with Crippen molar-refractivity contribution in [1.29, 1.82) is 0 Å². The lowest BCUT2D eigenvalue weighted by Crippen LogP contribution is -2.28. The number of aromatic nitrogens is 2. The van der Waals surface area contributed by atoms with Crippen LogP contribution in [0.15, 0.2) is 82.7 Å². The Bertz CT molecular complexity index is 1370. The maximum Gasteiger partial charge on any atom is 0.266 e. The highest BCUT2D eigenvalue weighted by atomic mass is 32.2. The lowest BCUT2D eigenvalue weighted by molar-refractivity contribution is -0.127. The van der Waals surface area contributed by atoms with Crippen molar-refractivity contribution in [3.05, 3.63) is 88.7 Å². The Morgan fingerprint density at radius 1 is 0.971 bits per heavy atom. The Balaban J connectivity index is 1.68. The van der Waals surface area contributed by atoms with Gasteiger partial charge in [-0.05, 0) is 29.8 Å². The van der Waals surface area contributed by atoms with Gasteiger partial charge in [0, 0.05) is 19.7 Å². The Morgan fingerprint density at radius 3 is 2.41 bits per heavy atom. The van der Waals surface area contributed by atoms with E-state index in [4.69, 9.17) is 14.5 Å². The topological polar surface area (TPSA) is 73.7 Å². The summed E-state index contributed by atoms with van der Waals surface area (Å²) in [4.78, 5) is 32.7. The molecule has 4 aromatic rings. The standard InChI is InChI=1S/C26H25N3O4S/c1-28(16-18-9-5-4-6-10-18)24(30)17-34-26-27-21-12-8-7-11-20(21)25(31)29(26)19-13-14-22(32-2)23(15-19)33-3/h4-15H,16-17H2,1-3H3. The first kappa shape index (κ1) is 23.4. The third-order valence-electron chi connectivity index (χ3n) is 5.38. The monoisotopic (exact) mass is 475 g/mol. The second-order valence-corrected chi connectivity index (χ2v) is 8.56. The summed E-state index contributed by atoms with van der Waals surface area (Å²) in [5, 5.41) is 0.923. The highest BCUT2D eigenvalue weighted by molar-refractivity contribution is 7.99. The van der Waals surface area contributed by atoms with Gasteiger partial charge in [-0.25, -0.2) is 4.98 Å². The summed E-state index contributed by atoms with van der Waals surface area (Å²) in [6.07, 6.45) is 0. The van der Waals surface area contributed by atoms with Crippen molar-refractivity contribution in [3.63, 3.8) is 0 Å². The first-order valence-electron chi connectivity index (χ1n) is 10.7. The zero-order valence-electron chi connectivity index (χ0n) is 19.2. The number of carbonyl (C=O) groups is 1. The lowest BCUT2D eigenvalue weighted by Gasteiger charge is -2.18. The number of hydrogen-bond donors (Lipinski definition) is 0. The van der Waals surface area contributed by atoms with E-state index in [0.29, 0.717) is 39.8 Å². The maximum absolute atomic E-state index is 13.5. The molecular weight excluding hydrogens is 450 g/mol. The van der Waals surface area contributed by atoms with E-state index in [1.165, 1.54) is 16.3 Å². The van der Waals surface area contributed by atoms with Gasteiger partial charge in [-0.1, -0.05) is 54.2 Å². The van der Waals surface area contributed by atoms with Crippen molar-refractivity contribution in [1.82, 2.24) is 14.5 Å². The van der Waals surface area contributed by atoms with Gasteiger partial charge in [0.2, 0.25) is 5.91 Å². The summed E-state index contributed by atoms with van der Waals surface area (Å²) in [5.41, 5.74) is 1.99. The van der Waals surface area contributed by atoms with Crippen LogP contribution in [-0.4, -0.2) is 47.4 Å². The molecule has 8 heteroatoms. The van der Waals surface area contributed by atoms with Gasteiger partial charge in [0.15, 0.2) is 16.7 Å². The van der Waals surface area contributed by atoms with Crippen LogP contribution in [0.4, 0.5) is 0 Å². The molecule has 0 atom stereocenters. The first-order valence-corrected chi connectivity index (χ1v) is 11.6. The van der Waals surface area contributed by atoms with Gasteiger partial charge in [-0.15, -0.1) is 0 Å². The number of ether oxygens (including phenoxy) is 2. The Labute approximate surface area is 201 Å². The van der Waals surface area contributed by atoms with E-state index < -0.39 is 0 Å². The summed E-state index contributed by atoms with van der Waals surface area (Å²) in [7, 11) is 4.87. The zero-order chi connectivity index (χ0) is 24.1. The molecule has 0 fully saturated rings. The molecule has 0 aliphatic rings. The van der Waals surface area contributed by atoms with E-state index in [1.54, 1.807) is 62.6 Å². The molecule has 0 N–H and O–H groups in total. The molecule has 1 aromatic heterocycles. The van der Waals surface area contributed by atoms with Gasteiger partial charge < -0.3 is 14.4 Å². The van der Waals surface area contributed by atoms with Crippen molar-refractivity contribution in [2.45, 2.75) is 11.7 Å². The Morgan fingerprint density at radius 2 is 1.68 bits per heavy atom. The fourth-order valence-corrected chi connectivity index (χ4v) is 4.54. The van der Waals surface area contributed by atoms with Crippen LogP contribution in [0.5, 0.6) is 11.5 Å². The van der Waals surface area contributed by atoms with E-state index in [-0.39, 0.29) is 17.2 Å². The molecule has 0 aliphatic carbocycles. The lowest BCUT2D eigenvalue weighted by atomic mass is 10.2. The highest BCUT2D eigenvalue weighted by Gasteiger charge is 2.18. The van der Waals surface area contributed by atoms with E-state index in [1.807, 2.05) is 36.4 Å². The second kappa shape index (κ2) is 10.4. The summed E-state index contributed by atoms with van der Waals surface area (Å²) in [5.74, 6) is 1.13. The van der Waals surface area contributed by atoms with Crippen molar-refractivity contribution in [2.75, 3.05) is 27.0 Å². The van der Waals surface area contributed by atoms with E-state index in [0.717, 1.165) is 5.56 Å². The first-order chi connectivity index (χ1) is 16.5. The number of methoxy groups -OCH3 is 2. The van der Waals surface area contributed by atoms with Crippen LogP contribution >= 0.6 is 11.8 Å². The average Bonchev–Trinajstić information content (AvgIpc) is 2.87. The number of benzene rings is 3. The third-order valence-corrected chi connectivity index (χ3v) is 6.31. The molecule has 0 radical (unpaired) electrons. The van der Waals surface area contributed by atoms with Crippen molar-refractivity contribution >= 4 is 28.6 Å². The zero-order valence-corrected chi connectivity index (χ0v) is 20.0. The molecule has 0 unspecified atom stereocenters. The smallest absolute Gasteiger partial charge is 0.266 e. The largest absolute Gasteiger partial charge is 0.493 e. The molecule has 1 amide bonds. The molecule has 0 spiro atoms. The highest BCUT2D eigenvalue weighted by Crippen LogP contribution is 2.30. The van der Waals surface area contributed by atoms with Crippen LogP contribution in [0.3, 0.4) is 0 Å². The average molecular weight is 476 g/mol. The molecule has 0 bridgehead atoms. The minimum Gasteiger partial charge on any atom is -0.493 e. The SMILES string of the molecule is COc1ccc(-n2c(SCC(=O)N(C)Cc3ccccc3)nc3ccccc3c2=O)cc1OC. The molecule has 1 heterocycles. The Kier molecular flexibility index (Phi) is 7.18. The molecule has 174 valence electrons.